The van der Waals surface area contributed by atoms with Crippen molar-refractivity contribution >= 4 is 16.9 Å². The Hall–Kier alpha value is -2.83. The van der Waals surface area contributed by atoms with Crippen LogP contribution in [0, 0.1) is 6.92 Å². The van der Waals surface area contributed by atoms with Crippen LogP contribution < -0.4 is 5.32 Å². The molecule has 0 bridgehead atoms. The molecule has 100 valence electrons. The Morgan fingerprint density at radius 2 is 2.05 bits per heavy atom. The summed E-state index contributed by atoms with van der Waals surface area (Å²) in [5, 5.41) is 6.30. The third kappa shape index (κ3) is 2.46. The summed E-state index contributed by atoms with van der Waals surface area (Å²) < 4.78 is 4.91. The number of carbonyl (C=O) groups excluding carboxylic acids is 1. The molecule has 0 aliphatic heterocycles. The molecule has 1 aromatic carbocycles. The van der Waals surface area contributed by atoms with Crippen LogP contribution in [0.3, 0.4) is 0 Å². The van der Waals surface area contributed by atoms with Crippen LogP contribution in [0.15, 0.2) is 35.0 Å². The van der Waals surface area contributed by atoms with Crippen molar-refractivity contribution in [3.63, 3.8) is 0 Å². The normalized spacial score (nSPS) is 10.7. The van der Waals surface area contributed by atoms with Gasteiger partial charge in [0.15, 0.2) is 5.82 Å². The minimum absolute atomic E-state index is 0.161. The number of amides is 1. The van der Waals surface area contributed by atoms with Crippen LogP contribution in [-0.4, -0.2) is 26.0 Å². The number of nitrogens with zero attached hydrogens (tertiary/aromatic N) is 4. The van der Waals surface area contributed by atoms with Crippen molar-refractivity contribution in [2.75, 3.05) is 0 Å². The van der Waals surface area contributed by atoms with Crippen molar-refractivity contribution in [1.29, 1.82) is 0 Å². The maximum atomic E-state index is 12.0. The first-order valence-corrected chi connectivity index (χ1v) is 6.01. The van der Waals surface area contributed by atoms with E-state index in [0.29, 0.717) is 17.2 Å². The molecule has 0 fully saturated rings. The smallest absolute Gasteiger partial charge is 0.271 e. The van der Waals surface area contributed by atoms with Crippen molar-refractivity contribution < 1.29 is 9.32 Å². The Bertz CT molecular complexity index is 768. The molecule has 0 saturated carbocycles. The summed E-state index contributed by atoms with van der Waals surface area (Å²) in [6.07, 6.45) is 1.44. The van der Waals surface area contributed by atoms with Gasteiger partial charge in [-0.15, -0.1) is 0 Å². The fourth-order valence-electron chi connectivity index (χ4n) is 1.72. The van der Waals surface area contributed by atoms with Crippen LogP contribution in [0.2, 0.25) is 0 Å². The van der Waals surface area contributed by atoms with Gasteiger partial charge in [-0.2, -0.15) is 4.98 Å². The number of para-hydroxylation sites is 2. The van der Waals surface area contributed by atoms with Crippen molar-refractivity contribution in [1.82, 2.24) is 25.4 Å². The molecule has 0 atom stereocenters. The Balaban J connectivity index is 1.75. The number of carbonyl (C=O) groups is 1. The molecule has 2 heterocycles. The highest BCUT2D eigenvalue weighted by molar-refractivity contribution is 5.93. The SMILES string of the molecule is Cc1noc(CNC(=O)c2cnc3ccccc3n2)n1. The van der Waals surface area contributed by atoms with Crippen LogP contribution in [-0.2, 0) is 6.54 Å². The van der Waals surface area contributed by atoms with E-state index in [0.717, 1.165) is 5.52 Å². The lowest BCUT2D eigenvalue weighted by molar-refractivity contribution is 0.0941. The molecule has 20 heavy (non-hydrogen) atoms. The molecule has 7 nitrogen and oxygen atoms in total. The molecule has 1 amide bonds. The monoisotopic (exact) mass is 269 g/mol. The van der Waals surface area contributed by atoms with E-state index in [1.807, 2.05) is 18.2 Å². The zero-order valence-electron chi connectivity index (χ0n) is 10.7. The molecule has 0 aliphatic carbocycles. The fourth-order valence-corrected chi connectivity index (χ4v) is 1.72. The average molecular weight is 269 g/mol. The number of hydrogen-bond acceptors (Lipinski definition) is 6. The summed E-state index contributed by atoms with van der Waals surface area (Å²) in [5.41, 5.74) is 1.67. The van der Waals surface area contributed by atoms with Gasteiger partial charge < -0.3 is 9.84 Å². The third-order valence-electron chi connectivity index (χ3n) is 2.65. The maximum Gasteiger partial charge on any atom is 0.271 e. The number of hydrogen-bond donors (Lipinski definition) is 1. The summed E-state index contributed by atoms with van der Waals surface area (Å²) in [5.74, 6) is 0.545. The Kier molecular flexibility index (Phi) is 3.08. The lowest BCUT2D eigenvalue weighted by Gasteiger charge is -2.02. The van der Waals surface area contributed by atoms with Crippen LogP contribution in [0.25, 0.3) is 11.0 Å². The number of benzene rings is 1. The maximum absolute atomic E-state index is 12.0. The van der Waals surface area contributed by atoms with E-state index < -0.39 is 0 Å². The molecular formula is C13H11N5O2. The van der Waals surface area contributed by atoms with E-state index in [4.69, 9.17) is 4.52 Å². The second-order valence-corrected chi connectivity index (χ2v) is 4.16. The van der Waals surface area contributed by atoms with E-state index in [-0.39, 0.29) is 18.1 Å². The highest BCUT2D eigenvalue weighted by atomic mass is 16.5. The Morgan fingerprint density at radius 1 is 1.25 bits per heavy atom. The second-order valence-electron chi connectivity index (χ2n) is 4.16. The summed E-state index contributed by atoms with van der Waals surface area (Å²) in [6, 6.07) is 7.36. The molecular weight excluding hydrogens is 258 g/mol. The molecule has 3 aromatic rings. The van der Waals surface area contributed by atoms with Gasteiger partial charge in [0.1, 0.15) is 5.69 Å². The van der Waals surface area contributed by atoms with E-state index >= 15 is 0 Å². The Morgan fingerprint density at radius 3 is 2.80 bits per heavy atom. The standard InChI is InChI=1S/C13H11N5O2/c1-8-16-12(20-18-8)7-15-13(19)11-6-14-9-4-2-3-5-10(9)17-11/h2-6H,7H2,1H3,(H,15,19). The molecule has 0 unspecified atom stereocenters. The second kappa shape index (κ2) is 5.04. The van der Waals surface area contributed by atoms with Gasteiger partial charge in [-0.1, -0.05) is 17.3 Å². The van der Waals surface area contributed by atoms with Crippen LogP contribution in [0.1, 0.15) is 22.2 Å². The minimum Gasteiger partial charge on any atom is -0.342 e. The van der Waals surface area contributed by atoms with Crippen molar-refractivity contribution in [2.45, 2.75) is 13.5 Å². The predicted octanol–water partition coefficient (Wildman–Crippen LogP) is 1.25. The molecule has 3 rings (SSSR count). The number of nitrogens with one attached hydrogen (secondary N) is 1. The largest absolute Gasteiger partial charge is 0.342 e. The first-order chi connectivity index (χ1) is 9.72. The number of fused-ring (bicyclic) bond motifs is 1. The zero-order chi connectivity index (χ0) is 13.9. The highest BCUT2D eigenvalue weighted by Gasteiger charge is 2.10. The zero-order valence-corrected chi connectivity index (χ0v) is 10.7. The van der Waals surface area contributed by atoms with E-state index in [9.17, 15) is 4.79 Å². The Labute approximate surface area is 114 Å². The molecule has 0 saturated heterocycles. The van der Waals surface area contributed by atoms with Crippen molar-refractivity contribution in [2.24, 2.45) is 0 Å². The van der Waals surface area contributed by atoms with Crippen LogP contribution in [0.4, 0.5) is 0 Å². The fraction of sp³-hybridized carbons (Fsp3) is 0.154. The summed E-state index contributed by atoms with van der Waals surface area (Å²) in [4.78, 5) is 24.4. The van der Waals surface area contributed by atoms with Gasteiger partial charge in [-0.25, -0.2) is 4.98 Å². The highest BCUT2D eigenvalue weighted by Crippen LogP contribution is 2.08. The van der Waals surface area contributed by atoms with E-state index in [2.05, 4.69) is 25.4 Å². The topological polar surface area (TPSA) is 93.8 Å². The van der Waals surface area contributed by atoms with Gasteiger partial charge in [-0.05, 0) is 19.1 Å². The molecule has 7 heteroatoms. The minimum atomic E-state index is -0.334. The summed E-state index contributed by atoms with van der Waals surface area (Å²) >= 11 is 0. The first kappa shape index (κ1) is 12.2. The molecule has 1 N–H and O–H groups in total. The lowest BCUT2D eigenvalue weighted by Crippen LogP contribution is -2.24. The van der Waals surface area contributed by atoms with Crippen molar-refractivity contribution in [3.8, 4) is 0 Å². The first-order valence-electron chi connectivity index (χ1n) is 6.01. The quantitative estimate of drug-likeness (QED) is 0.769. The van der Waals surface area contributed by atoms with E-state index in [1.165, 1.54) is 6.20 Å². The average Bonchev–Trinajstić information content (AvgIpc) is 2.90. The van der Waals surface area contributed by atoms with Gasteiger partial charge in [-0.3, -0.25) is 9.78 Å². The van der Waals surface area contributed by atoms with Gasteiger partial charge >= 0.3 is 0 Å². The predicted molar refractivity (Wildman–Crippen MR) is 69.7 cm³/mol. The van der Waals surface area contributed by atoms with Gasteiger partial charge in [0.2, 0.25) is 5.89 Å². The lowest BCUT2D eigenvalue weighted by atomic mass is 10.3. The van der Waals surface area contributed by atoms with E-state index in [1.54, 1.807) is 13.0 Å². The van der Waals surface area contributed by atoms with Gasteiger partial charge in [0.25, 0.3) is 5.91 Å². The number of aromatic nitrogens is 4. The van der Waals surface area contributed by atoms with Crippen LogP contribution >= 0.6 is 0 Å². The molecule has 0 spiro atoms. The molecule has 0 radical (unpaired) electrons. The number of aryl methyl sites for hydroxylation is 1. The summed E-state index contributed by atoms with van der Waals surface area (Å²) in [6.45, 7) is 1.87. The number of rotatable bonds is 3. The summed E-state index contributed by atoms with van der Waals surface area (Å²) in [7, 11) is 0. The van der Waals surface area contributed by atoms with Crippen LogP contribution in [0.5, 0.6) is 0 Å². The van der Waals surface area contributed by atoms with Crippen molar-refractivity contribution in [3.05, 3.63) is 47.9 Å². The van der Waals surface area contributed by atoms with Gasteiger partial charge in [0.05, 0.1) is 23.8 Å². The van der Waals surface area contributed by atoms with Gasteiger partial charge in [0, 0.05) is 0 Å². The third-order valence-corrected chi connectivity index (χ3v) is 2.65. The molecule has 2 aromatic heterocycles. The molecule has 0 aliphatic rings.